The van der Waals surface area contributed by atoms with Crippen LogP contribution in [-0.2, 0) is 23.8 Å². The van der Waals surface area contributed by atoms with Gasteiger partial charge in [0.2, 0.25) is 12.5 Å². The number of aromatic hydroxyl groups is 1. The molecule has 2 aromatic carbocycles. The van der Waals surface area contributed by atoms with Crippen LogP contribution in [-0.4, -0.2) is 77.5 Å². The van der Waals surface area contributed by atoms with Crippen molar-refractivity contribution in [2.75, 3.05) is 13.1 Å². The van der Waals surface area contributed by atoms with E-state index in [4.69, 9.17) is 30.4 Å². The highest BCUT2D eigenvalue weighted by molar-refractivity contribution is 6.33. The van der Waals surface area contributed by atoms with Crippen LogP contribution >= 0.6 is 0 Å². The molecule has 0 saturated carbocycles. The molecule has 0 amide bonds. The molecule has 2 heterocycles. The molecule has 12 nitrogen and oxygen atoms in total. The molecule has 1 saturated heterocycles. The SMILES string of the molecule is C[C@@H]1O[C@H](Oc2c(O)c3c(c4cccnc24)C(=O)c2ccccc2C3=O)[C@@H](F)[C@H](OC(=O)CCN)[C@@H]1OC(=O)CCN. The first-order valence-corrected chi connectivity index (χ1v) is 13.2. The molecule has 5 rings (SSSR count). The second kappa shape index (κ2) is 11.8. The number of carbonyl (C=O) groups excluding carboxylic acids is 4. The predicted octanol–water partition coefficient (Wildman–Crippen LogP) is 1.70. The van der Waals surface area contributed by atoms with Crippen LogP contribution in [0.5, 0.6) is 11.5 Å². The maximum atomic E-state index is 16.1. The fourth-order valence-corrected chi connectivity index (χ4v) is 5.11. The van der Waals surface area contributed by atoms with Crippen LogP contribution in [0.3, 0.4) is 0 Å². The van der Waals surface area contributed by atoms with E-state index in [0.717, 1.165) is 0 Å². The maximum Gasteiger partial charge on any atom is 0.307 e. The lowest BCUT2D eigenvalue weighted by atomic mass is 9.81. The summed E-state index contributed by atoms with van der Waals surface area (Å²) in [5.74, 6) is -3.89. The molecular formula is C29H28FN3O9. The van der Waals surface area contributed by atoms with Gasteiger partial charge in [0, 0.05) is 41.4 Å². The van der Waals surface area contributed by atoms with Crippen molar-refractivity contribution in [1.29, 1.82) is 0 Å². The lowest BCUT2D eigenvalue weighted by Crippen LogP contribution is -2.59. The van der Waals surface area contributed by atoms with E-state index in [1.807, 2.05) is 0 Å². The number of phenols is 1. The Labute approximate surface area is 238 Å². The van der Waals surface area contributed by atoms with Crippen molar-refractivity contribution < 1.29 is 47.6 Å². The molecule has 2 aliphatic rings. The van der Waals surface area contributed by atoms with Gasteiger partial charge in [-0.3, -0.25) is 24.2 Å². The number of carbonyl (C=O) groups is 4. The van der Waals surface area contributed by atoms with Gasteiger partial charge in [0.25, 0.3) is 0 Å². The summed E-state index contributed by atoms with van der Waals surface area (Å²) in [5.41, 5.74) is 10.7. The molecule has 0 spiro atoms. The number of hydrogen-bond acceptors (Lipinski definition) is 12. The van der Waals surface area contributed by atoms with Gasteiger partial charge in [-0.05, 0) is 13.0 Å². The van der Waals surface area contributed by atoms with Gasteiger partial charge in [0.1, 0.15) is 5.52 Å². The van der Waals surface area contributed by atoms with Crippen LogP contribution in [0.2, 0.25) is 0 Å². The van der Waals surface area contributed by atoms with Gasteiger partial charge in [0.05, 0.1) is 24.5 Å². The molecule has 1 fully saturated rings. The number of nitrogens with zero attached hydrogens (tertiary/aromatic N) is 1. The molecule has 0 unspecified atom stereocenters. The summed E-state index contributed by atoms with van der Waals surface area (Å²) < 4.78 is 38.3. The number of halogens is 1. The van der Waals surface area contributed by atoms with E-state index in [0.29, 0.717) is 0 Å². The highest BCUT2D eigenvalue weighted by Crippen LogP contribution is 2.45. The number of nitrogens with two attached hydrogens (primary N) is 2. The lowest BCUT2D eigenvalue weighted by Gasteiger charge is -2.41. The Kier molecular flexibility index (Phi) is 8.16. The van der Waals surface area contributed by atoms with Crippen LogP contribution in [0.4, 0.5) is 4.39 Å². The zero-order chi connectivity index (χ0) is 30.1. The topological polar surface area (TPSA) is 190 Å². The first-order valence-electron chi connectivity index (χ1n) is 13.2. The normalized spacial score (nSPS) is 23.2. The Balaban J connectivity index is 1.56. The summed E-state index contributed by atoms with van der Waals surface area (Å²) in [7, 11) is 0. The quantitative estimate of drug-likeness (QED) is 0.256. The molecule has 0 bridgehead atoms. The molecule has 3 aromatic rings. The van der Waals surface area contributed by atoms with E-state index < -0.39 is 65.8 Å². The first-order chi connectivity index (χ1) is 20.2. The van der Waals surface area contributed by atoms with Crippen molar-refractivity contribution in [2.24, 2.45) is 11.5 Å². The largest absolute Gasteiger partial charge is 0.504 e. The number of ketones is 2. The monoisotopic (exact) mass is 581 g/mol. The Bertz CT molecular complexity index is 1580. The minimum Gasteiger partial charge on any atom is -0.504 e. The summed E-state index contributed by atoms with van der Waals surface area (Å²) in [4.78, 5) is 55.7. The smallest absolute Gasteiger partial charge is 0.307 e. The Hall–Kier alpha value is -4.46. The summed E-state index contributed by atoms with van der Waals surface area (Å²) in [6.45, 7) is 1.36. The molecule has 5 atom stereocenters. The summed E-state index contributed by atoms with van der Waals surface area (Å²) >= 11 is 0. The molecule has 220 valence electrons. The molecule has 42 heavy (non-hydrogen) atoms. The number of hydrogen-bond donors (Lipinski definition) is 3. The van der Waals surface area contributed by atoms with Crippen LogP contribution in [0.1, 0.15) is 51.6 Å². The Morgan fingerprint density at radius 2 is 1.55 bits per heavy atom. The second-order valence-electron chi connectivity index (χ2n) is 9.79. The number of rotatable bonds is 8. The molecule has 1 aliphatic heterocycles. The molecule has 1 aliphatic carbocycles. The minimum absolute atomic E-state index is 0.0212. The van der Waals surface area contributed by atoms with Gasteiger partial charge in [-0.25, -0.2) is 4.39 Å². The highest BCUT2D eigenvalue weighted by atomic mass is 19.1. The number of pyridine rings is 1. The lowest BCUT2D eigenvalue weighted by molar-refractivity contribution is -0.262. The summed E-state index contributed by atoms with van der Waals surface area (Å²) in [6.07, 6.45) is -7.19. The zero-order valence-electron chi connectivity index (χ0n) is 22.4. The molecule has 0 radical (unpaired) electrons. The van der Waals surface area contributed by atoms with Crippen LogP contribution in [0.25, 0.3) is 10.9 Å². The van der Waals surface area contributed by atoms with E-state index in [1.54, 1.807) is 12.1 Å². The van der Waals surface area contributed by atoms with Crippen molar-refractivity contribution in [3.8, 4) is 11.5 Å². The number of aromatic nitrogens is 1. The number of fused-ring (bicyclic) bond motifs is 4. The fourth-order valence-electron chi connectivity index (χ4n) is 5.11. The van der Waals surface area contributed by atoms with E-state index in [9.17, 15) is 24.3 Å². The van der Waals surface area contributed by atoms with Crippen LogP contribution < -0.4 is 16.2 Å². The minimum atomic E-state index is -2.24. The number of ether oxygens (including phenoxy) is 4. The van der Waals surface area contributed by atoms with Gasteiger partial charge in [-0.15, -0.1) is 0 Å². The van der Waals surface area contributed by atoms with Crippen LogP contribution in [0, 0.1) is 0 Å². The summed E-state index contributed by atoms with van der Waals surface area (Å²) in [6, 6.07) is 9.23. The van der Waals surface area contributed by atoms with Gasteiger partial charge in [-0.2, -0.15) is 0 Å². The van der Waals surface area contributed by atoms with Gasteiger partial charge < -0.3 is 35.5 Å². The number of esters is 2. The van der Waals surface area contributed by atoms with Crippen LogP contribution in [0.15, 0.2) is 42.6 Å². The van der Waals surface area contributed by atoms with E-state index >= 15 is 4.39 Å². The van der Waals surface area contributed by atoms with Crippen molar-refractivity contribution in [1.82, 2.24) is 4.98 Å². The Morgan fingerprint density at radius 3 is 2.17 bits per heavy atom. The van der Waals surface area contributed by atoms with E-state index in [1.165, 1.54) is 37.4 Å². The third-order valence-electron chi connectivity index (χ3n) is 7.04. The fraction of sp³-hybridized carbons (Fsp3) is 0.345. The number of benzene rings is 2. The average molecular weight is 582 g/mol. The average Bonchev–Trinajstić information content (AvgIpc) is 2.97. The Morgan fingerprint density at radius 1 is 0.952 bits per heavy atom. The van der Waals surface area contributed by atoms with Crippen molar-refractivity contribution in [3.63, 3.8) is 0 Å². The van der Waals surface area contributed by atoms with Crippen molar-refractivity contribution in [2.45, 2.75) is 50.5 Å². The van der Waals surface area contributed by atoms with Crippen molar-refractivity contribution >= 4 is 34.4 Å². The molecular weight excluding hydrogens is 553 g/mol. The van der Waals surface area contributed by atoms with E-state index in [-0.39, 0.29) is 59.1 Å². The first kappa shape index (κ1) is 29.0. The molecule has 13 heteroatoms. The standard InChI is InChI=1S/C29H28FN3O9/c1-13-26(40-17(34)8-10-31)27(41-18(35)9-11-32)21(30)29(39-13)42-28-22-16(7-4-12-33-22)19-20(25(28)38)24(37)15-6-3-2-5-14(15)23(19)36/h2-7,12-13,21,26-27,29,38H,8-11,31-32H2,1H3/t13-,21-,26+,27-,29+/m0/s1. The van der Waals surface area contributed by atoms with Gasteiger partial charge in [-0.1, -0.05) is 30.3 Å². The molecule has 1 aromatic heterocycles. The predicted molar refractivity (Wildman–Crippen MR) is 144 cm³/mol. The van der Waals surface area contributed by atoms with Crippen molar-refractivity contribution in [3.05, 3.63) is 64.8 Å². The number of phenolic OH excluding ortho intramolecular Hbond substituents is 1. The van der Waals surface area contributed by atoms with Gasteiger partial charge >= 0.3 is 11.9 Å². The second-order valence-corrected chi connectivity index (χ2v) is 9.79. The number of alkyl halides is 1. The molecule has 5 N–H and O–H groups in total. The third-order valence-corrected chi connectivity index (χ3v) is 7.04. The summed E-state index contributed by atoms with van der Waals surface area (Å²) in [5, 5.41) is 11.5. The maximum absolute atomic E-state index is 16.1. The zero-order valence-corrected chi connectivity index (χ0v) is 22.4. The van der Waals surface area contributed by atoms with E-state index in [2.05, 4.69) is 4.98 Å². The third kappa shape index (κ3) is 5.06. The van der Waals surface area contributed by atoms with Gasteiger partial charge in [0.15, 0.2) is 35.3 Å². The highest BCUT2D eigenvalue weighted by Gasteiger charge is 2.51.